The summed E-state index contributed by atoms with van der Waals surface area (Å²) in [6, 6.07) is 13.4. The normalized spacial score (nSPS) is 16.9. The van der Waals surface area contributed by atoms with Crippen LogP contribution in [0.15, 0.2) is 48.7 Å². The molecule has 0 saturated heterocycles. The number of aromatic nitrogens is 1. The van der Waals surface area contributed by atoms with Gasteiger partial charge in [-0.25, -0.2) is 14.7 Å². The zero-order valence-electron chi connectivity index (χ0n) is 15.6. The zero-order chi connectivity index (χ0) is 18.5. The molecule has 0 aliphatic carbocycles. The van der Waals surface area contributed by atoms with Gasteiger partial charge in [-0.15, -0.1) is 0 Å². The van der Waals surface area contributed by atoms with Crippen molar-refractivity contribution >= 4 is 17.5 Å². The van der Waals surface area contributed by atoms with Crippen molar-refractivity contribution in [3.8, 4) is 0 Å². The summed E-state index contributed by atoms with van der Waals surface area (Å²) < 4.78 is 5.70. The molecule has 0 N–H and O–H groups in total. The predicted molar refractivity (Wildman–Crippen MR) is 102 cm³/mol. The maximum absolute atomic E-state index is 13.4. The van der Waals surface area contributed by atoms with E-state index in [0.29, 0.717) is 12.4 Å². The van der Waals surface area contributed by atoms with Crippen molar-refractivity contribution in [2.75, 3.05) is 38.2 Å². The van der Waals surface area contributed by atoms with Gasteiger partial charge in [0.2, 0.25) is 0 Å². The Morgan fingerprint density at radius 3 is 2.50 bits per heavy atom. The Balaban J connectivity index is 1.99. The van der Waals surface area contributed by atoms with Gasteiger partial charge < -0.3 is 9.64 Å². The zero-order valence-corrected chi connectivity index (χ0v) is 15.6. The van der Waals surface area contributed by atoms with Crippen LogP contribution in [0.4, 0.5) is 16.3 Å². The van der Waals surface area contributed by atoms with Crippen molar-refractivity contribution in [2.24, 2.45) is 0 Å². The first-order chi connectivity index (χ1) is 12.7. The van der Waals surface area contributed by atoms with E-state index in [1.165, 1.54) is 0 Å². The third-order valence-corrected chi connectivity index (χ3v) is 4.80. The minimum Gasteiger partial charge on any atom is -0.357 e. The van der Waals surface area contributed by atoms with E-state index in [2.05, 4.69) is 23.7 Å². The number of amides is 2. The highest BCUT2D eigenvalue weighted by Gasteiger charge is 2.39. The molecule has 1 atom stereocenters. The Morgan fingerprint density at radius 2 is 1.85 bits per heavy atom. The first-order valence-electron chi connectivity index (χ1n) is 9.07. The molecule has 1 aromatic heterocycles. The lowest BCUT2D eigenvalue weighted by molar-refractivity contribution is -0.0145. The molecule has 0 spiro atoms. The molecule has 6 nitrogen and oxygen atoms in total. The van der Waals surface area contributed by atoms with E-state index in [1.54, 1.807) is 23.1 Å². The molecule has 6 heteroatoms. The average Bonchev–Trinajstić information content (AvgIpc) is 2.69. The molecular formula is C20H26N4O2. The standard InChI is InChI=1S/C20H26N4O2/c1-4-22(5-2)14-15-23-19(26-3)17-12-9-13-21-18(17)24(20(23)25)16-10-7-6-8-11-16/h6-13,19H,4-5,14-15H2,1-3H3. The SMILES string of the molecule is CCN(CC)CCN1C(=O)N(c2ccccc2)c2ncccc2C1OC. The number of hydrogen-bond acceptors (Lipinski definition) is 4. The molecule has 2 heterocycles. The van der Waals surface area contributed by atoms with E-state index >= 15 is 0 Å². The molecule has 0 bridgehead atoms. The van der Waals surface area contributed by atoms with Crippen LogP contribution in [0.5, 0.6) is 0 Å². The number of ether oxygens (including phenoxy) is 1. The van der Waals surface area contributed by atoms with E-state index in [0.717, 1.165) is 30.9 Å². The van der Waals surface area contributed by atoms with Crippen LogP contribution in [0.3, 0.4) is 0 Å². The monoisotopic (exact) mass is 354 g/mol. The van der Waals surface area contributed by atoms with Crippen LogP contribution in [0.25, 0.3) is 0 Å². The van der Waals surface area contributed by atoms with Crippen LogP contribution in [0.1, 0.15) is 25.6 Å². The van der Waals surface area contributed by atoms with Gasteiger partial charge in [0, 0.05) is 32.0 Å². The minimum atomic E-state index is -0.429. The second kappa shape index (κ2) is 8.29. The summed E-state index contributed by atoms with van der Waals surface area (Å²) in [4.78, 5) is 23.6. The minimum absolute atomic E-state index is 0.110. The topological polar surface area (TPSA) is 48.9 Å². The summed E-state index contributed by atoms with van der Waals surface area (Å²) in [6.45, 7) is 7.57. The third kappa shape index (κ3) is 3.43. The van der Waals surface area contributed by atoms with Gasteiger partial charge in [-0.2, -0.15) is 0 Å². The van der Waals surface area contributed by atoms with Gasteiger partial charge in [0.15, 0.2) is 6.23 Å². The molecule has 1 aliphatic rings. The highest BCUT2D eigenvalue weighted by Crippen LogP contribution is 2.39. The Labute approximate surface area is 155 Å². The van der Waals surface area contributed by atoms with Gasteiger partial charge in [0.1, 0.15) is 5.82 Å². The molecule has 1 aromatic carbocycles. The van der Waals surface area contributed by atoms with Crippen molar-refractivity contribution in [2.45, 2.75) is 20.1 Å². The second-order valence-electron chi connectivity index (χ2n) is 6.18. The number of hydrogen-bond donors (Lipinski definition) is 0. The highest BCUT2D eigenvalue weighted by atomic mass is 16.5. The first-order valence-corrected chi connectivity index (χ1v) is 9.07. The molecule has 2 amide bonds. The smallest absolute Gasteiger partial charge is 0.332 e. The molecule has 0 radical (unpaired) electrons. The van der Waals surface area contributed by atoms with Crippen LogP contribution in [-0.4, -0.2) is 54.1 Å². The lowest BCUT2D eigenvalue weighted by Crippen LogP contribution is -2.50. The maximum Gasteiger partial charge on any atom is 0.332 e. The van der Waals surface area contributed by atoms with Crippen LogP contribution in [0, 0.1) is 0 Å². The Kier molecular flexibility index (Phi) is 5.85. The molecule has 0 fully saturated rings. The number of likely N-dealkylation sites (N-methyl/N-ethyl adjacent to an activating group) is 1. The van der Waals surface area contributed by atoms with Crippen LogP contribution in [0.2, 0.25) is 0 Å². The number of benzene rings is 1. The van der Waals surface area contributed by atoms with E-state index in [1.807, 2.05) is 42.5 Å². The molecule has 1 aliphatic heterocycles. The predicted octanol–water partition coefficient (Wildman–Crippen LogP) is 3.64. The number of carbonyl (C=O) groups is 1. The molecule has 3 rings (SSSR count). The van der Waals surface area contributed by atoms with Gasteiger partial charge in [-0.3, -0.25) is 4.90 Å². The molecule has 1 unspecified atom stereocenters. The van der Waals surface area contributed by atoms with Crippen molar-refractivity contribution in [3.63, 3.8) is 0 Å². The van der Waals surface area contributed by atoms with E-state index in [9.17, 15) is 4.79 Å². The second-order valence-corrected chi connectivity index (χ2v) is 6.18. The quantitative estimate of drug-likeness (QED) is 0.762. The molecule has 2 aromatic rings. The van der Waals surface area contributed by atoms with Gasteiger partial charge in [-0.05, 0) is 37.4 Å². The fraction of sp³-hybridized carbons (Fsp3) is 0.400. The summed E-state index contributed by atoms with van der Waals surface area (Å²) in [5, 5.41) is 0. The van der Waals surface area contributed by atoms with Gasteiger partial charge in [-0.1, -0.05) is 32.0 Å². The summed E-state index contributed by atoms with van der Waals surface area (Å²) in [7, 11) is 1.64. The number of carbonyl (C=O) groups excluding carboxylic acids is 1. The number of pyridine rings is 1. The first kappa shape index (κ1) is 18.4. The molecular weight excluding hydrogens is 328 g/mol. The molecule has 138 valence electrons. The lowest BCUT2D eigenvalue weighted by atomic mass is 10.1. The van der Waals surface area contributed by atoms with Crippen molar-refractivity contribution < 1.29 is 9.53 Å². The number of fused-ring (bicyclic) bond motifs is 1. The largest absolute Gasteiger partial charge is 0.357 e. The van der Waals surface area contributed by atoms with E-state index < -0.39 is 6.23 Å². The van der Waals surface area contributed by atoms with Crippen LogP contribution >= 0.6 is 0 Å². The van der Waals surface area contributed by atoms with Crippen molar-refractivity contribution in [1.82, 2.24) is 14.8 Å². The lowest BCUT2D eigenvalue weighted by Gasteiger charge is -2.41. The number of anilines is 2. The third-order valence-electron chi connectivity index (χ3n) is 4.80. The number of rotatable bonds is 7. The number of nitrogens with zero attached hydrogens (tertiary/aromatic N) is 4. The summed E-state index contributed by atoms with van der Waals surface area (Å²) >= 11 is 0. The summed E-state index contributed by atoms with van der Waals surface area (Å²) in [5.41, 5.74) is 1.71. The van der Waals surface area contributed by atoms with Crippen molar-refractivity contribution in [1.29, 1.82) is 0 Å². The highest BCUT2D eigenvalue weighted by molar-refractivity contribution is 6.01. The van der Waals surface area contributed by atoms with Gasteiger partial charge in [0.25, 0.3) is 0 Å². The summed E-state index contributed by atoms with van der Waals surface area (Å²) in [5.74, 6) is 0.634. The number of urea groups is 1. The van der Waals surface area contributed by atoms with Crippen molar-refractivity contribution in [3.05, 3.63) is 54.2 Å². The Bertz CT molecular complexity index is 734. The fourth-order valence-corrected chi connectivity index (χ4v) is 3.34. The Hall–Kier alpha value is -2.44. The molecule has 26 heavy (non-hydrogen) atoms. The summed E-state index contributed by atoms with van der Waals surface area (Å²) in [6.07, 6.45) is 1.28. The fourth-order valence-electron chi connectivity index (χ4n) is 3.34. The maximum atomic E-state index is 13.4. The van der Waals surface area contributed by atoms with Crippen LogP contribution in [-0.2, 0) is 4.74 Å². The van der Waals surface area contributed by atoms with E-state index in [-0.39, 0.29) is 6.03 Å². The Morgan fingerprint density at radius 1 is 1.12 bits per heavy atom. The number of para-hydroxylation sites is 1. The van der Waals surface area contributed by atoms with Gasteiger partial charge >= 0.3 is 6.03 Å². The van der Waals surface area contributed by atoms with Gasteiger partial charge in [0.05, 0.1) is 5.69 Å². The molecule has 0 saturated carbocycles. The number of methoxy groups -OCH3 is 1. The average molecular weight is 354 g/mol. The van der Waals surface area contributed by atoms with Crippen LogP contribution < -0.4 is 4.90 Å². The van der Waals surface area contributed by atoms with E-state index in [4.69, 9.17) is 4.74 Å².